The van der Waals surface area contributed by atoms with Crippen LogP contribution < -0.4 is 5.32 Å². The van der Waals surface area contributed by atoms with Gasteiger partial charge in [0.2, 0.25) is 5.91 Å². The van der Waals surface area contributed by atoms with Gasteiger partial charge in [0.25, 0.3) is 0 Å². The maximum Gasteiger partial charge on any atom is 0.249 e. The molecule has 3 heterocycles. The number of amides is 1. The monoisotopic (exact) mass is 288 g/mol. The SMILES string of the molecule is O=C(NCc1cncc(-c2cccs2)c1)[C@H]1CCCO1. The minimum absolute atomic E-state index is 0.0240. The number of hydrogen-bond acceptors (Lipinski definition) is 4. The Hall–Kier alpha value is -1.72. The number of pyridine rings is 1. The highest BCUT2D eigenvalue weighted by atomic mass is 32.1. The summed E-state index contributed by atoms with van der Waals surface area (Å²) in [5, 5.41) is 4.96. The minimum atomic E-state index is -0.275. The molecule has 1 aliphatic heterocycles. The molecule has 0 bridgehead atoms. The van der Waals surface area contributed by atoms with E-state index in [2.05, 4.69) is 22.4 Å². The second kappa shape index (κ2) is 6.15. The van der Waals surface area contributed by atoms with Crippen molar-refractivity contribution < 1.29 is 9.53 Å². The Morgan fingerprint density at radius 1 is 1.50 bits per heavy atom. The predicted molar refractivity (Wildman–Crippen MR) is 78.4 cm³/mol. The summed E-state index contributed by atoms with van der Waals surface area (Å²) < 4.78 is 5.36. The molecule has 4 nitrogen and oxygen atoms in total. The third kappa shape index (κ3) is 3.05. The smallest absolute Gasteiger partial charge is 0.249 e. The molecular weight excluding hydrogens is 272 g/mol. The summed E-state index contributed by atoms with van der Waals surface area (Å²) in [4.78, 5) is 17.3. The maximum absolute atomic E-state index is 11.9. The third-order valence-corrected chi connectivity index (χ3v) is 4.21. The fraction of sp³-hybridized carbons (Fsp3) is 0.333. The molecule has 5 heteroatoms. The summed E-state index contributed by atoms with van der Waals surface area (Å²) in [6.45, 7) is 1.18. The lowest BCUT2D eigenvalue weighted by molar-refractivity contribution is -0.130. The van der Waals surface area contributed by atoms with Gasteiger partial charge in [-0.25, -0.2) is 0 Å². The van der Waals surface area contributed by atoms with Crippen LogP contribution in [0.5, 0.6) is 0 Å². The van der Waals surface area contributed by atoms with Gasteiger partial charge in [0.1, 0.15) is 6.10 Å². The van der Waals surface area contributed by atoms with Crippen molar-refractivity contribution in [2.45, 2.75) is 25.5 Å². The molecule has 104 valence electrons. The molecule has 0 saturated carbocycles. The van der Waals surface area contributed by atoms with Crippen LogP contribution in [0.2, 0.25) is 0 Å². The van der Waals surface area contributed by atoms with Gasteiger partial charge in [0, 0.05) is 36.0 Å². The Morgan fingerprint density at radius 2 is 2.45 bits per heavy atom. The van der Waals surface area contributed by atoms with Gasteiger partial charge in [-0.15, -0.1) is 11.3 Å². The van der Waals surface area contributed by atoms with Crippen LogP contribution >= 0.6 is 11.3 Å². The van der Waals surface area contributed by atoms with Crippen LogP contribution in [0.1, 0.15) is 18.4 Å². The van der Waals surface area contributed by atoms with Crippen LogP contribution in [0, 0.1) is 0 Å². The van der Waals surface area contributed by atoms with Gasteiger partial charge >= 0.3 is 0 Å². The summed E-state index contributed by atoms with van der Waals surface area (Å²) in [6, 6.07) is 6.15. The molecule has 0 aliphatic carbocycles. The van der Waals surface area contributed by atoms with Crippen molar-refractivity contribution in [3.05, 3.63) is 41.5 Å². The Kier molecular flexibility index (Phi) is 4.08. The number of carbonyl (C=O) groups excluding carboxylic acids is 1. The molecule has 1 N–H and O–H groups in total. The van der Waals surface area contributed by atoms with E-state index in [0.29, 0.717) is 13.2 Å². The van der Waals surface area contributed by atoms with E-state index in [0.717, 1.165) is 24.0 Å². The predicted octanol–water partition coefficient (Wildman–Crippen LogP) is 2.61. The highest BCUT2D eigenvalue weighted by Crippen LogP contribution is 2.24. The van der Waals surface area contributed by atoms with Gasteiger partial charge in [-0.2, -0.15) is 0 Å². The van der Waals surface area contributed by atoms with Crippen LogP contribution in [-0.2, 0) is 16.1 Å². The average molecular weight is 288 g/mol. The van der Waals surface area contributed by atoms with Gasteiger partial charge < -0.3 is 10.1 Å². The molecule has 20 heavy (non-hydrogen) atoms. The molecule has 1 fully saturated rings. The number of nitrogens with one attached hydrogen (secondary N) is 1. The number of carbonyl (C=O) groups is 1. The van der Waals surface area contributed by atoms with Crippen molar-refractivity contribution in [3.63, 3.8) is 0 Å². The number of nitrogens with zero attached hydrogens (tertiary/aromatic N) is 1. The van der Waals surface area contributed by atoms with Crippen LogP contribution in [0.3, 0.4) is 0 Å². The number of rotatable bonds is 4. The first-order chi connectivity index (χ1) is 9.83. The van der Waals surface area contributed by atoms with Gasteiger partial charge in [-0.1, -0.05) is 6.07 Å². The first-order valence-electron chi connectivity index (χ1n) is 6.70. The van der Waals surface area contributed by atoms with Crippen molar-refractivity contribution in [2.75, 3.05) is 6.61 Å². The van der Waals surface area contributed by atoms with Crippen molar-refractivity contribution in [1.82, 2.24) is 10.3 Å². The Balaban J connectivity index is 1.63. The molecule has 2 aromatic heterocycles. The molecule has 1 atom stereocenters. The number of thiophene rings is 1. The normalized spacial score (nSPS) is 18.1. The van der Waals surface area contributed by atoms with Crippen molar-refractivity contribution in [2.24, 2.45) is 0 Å². The van der Waals surface area contributed by atoms with Crippen molar-refractivity contribution in [1.29, 1.82) is 0 Å². The molecular formula is C15H16N2O2S. The summed E-state index contributed by atoms with van der Waals surface area (Å²) in [5.41, 5.74) is 2.09. The third-order valence-electron chi connectivity index (χ3n) is 3.29. The lowest BCUT2D eigenvalue weighted by Gasteiger charge is -2.10. The van der Waals surface area contributed by atoms with E-state index in [1.54, 1.807) is 17.5 Å². The fourth-order valence-electron chi connectivity index (χ4n) is 2.25. The Morgan fingerprint density at radius 3 is 3.20 bits per heavy atom. The summed E-state index contributed by atoms with van der Waals surface area (Å²) in [5.74, 6) is -0.0240. The quantitative estimate of drug-likeness (QED) is 0.941. The Bertz CT molecular complexity index is 577. The molecule has 0 radical (unpaired) electrons. The molecule has 1 amide bonds. The minimum Gasteiger partial charge on any atom is -0.368 e. The Labute approximate surface area is 121 Å². The van der Waals surface area contributed by atoms with Crippen LogP contribution in [0.15, 0.2) is 36.0 Å². The van der Waals surface area contributed by atoms with E-state index in [1.165, 1.54) is 4.88 Å². The second-order valence-corrected chi connectivity index (χ2v) is 5.73. The number of aromatic nitrogens is 1. The van der Waals surface area contributed by atoms with Gasteiger partial charge in [0.05, 0.1) is 0 Å². The standard InChI is InChI=1S/C15H16N2O2S/c18-15(13-3-1-5-19-13)17-9-11-7-12(10-16-8-11)14-4-2-6-20-14/h2,4,6-8,10,13H,1,3,5,9H2,(H,17,18)/t13-/m1/s1. The number of ether oxygens (including phenoxy) is 1. The van der Waals surface area contributed by atoms with E-state index in [1.807, 2.05) is 17.6 Å². The molecule has 0 unspecified atom stereocenters. The van der Waals surface area contributed by atoms with Crippen LogP contribution in [0.25, 0.3) is 10.4 Å². The van der Waals surface area contributed by atoms with Crippen molar-refractivity contribution >= 4 is 17.2 Å². The second-order valence-electron chi connectivity index (χ2n) is 4.78. The summed E-state index contributed by atoms with van der Waals surface area (Å²) in [6.07, 6.45) is 5.14. The largest absolute Gasteiger partial charge is 0.368 e. The zero-order chi connectivity index (χ0) is 13.8. The summed E-state index contributed by atoms with van der Waals surface area (Å²) >= 11 is 1.68. The van der Waals surface area contributed by atoms with Gasteiger partial charge in [0.15, 0.2) is 0 Å². The highest BCUT2D eigenvalue weighted by molar-refractivity contribution is 7.13. The maximum atomic E-state index is 11.9. The van der Waals surface area contributed by atoms with Gasteiger partial charge in [-0.3, -0.25) is 9.78 Å². The zero-order valence-electron chi connectivity index (χ0n) is 11.0. The van der Waals surface area contributed by atoms with E-state index in [4.69, 9.17) is 4.74 Å². The fourth-order valence-corrected chi connectivity index (χ4v) is 2.96. The number of hydrogen-bond donors (Lipinski definition) is 1. The average Bonchev–Trinajstić information content (AvgIpc) is 3.17. The lowest BCUT2D eigenvalue weighted by atomic mass is 10.1. The molecule has 2 aromatic rings. The molecule has 0 spiro atoms. The van der Waals surface area contributed by atoms with E-state index in [-0.39, 0.29) is 12.0 Å². The first kappa shape index (κ1) is 13.3. The zero-order valence-corrected chi connectivity index (χ0v) is 11.9. The van der Waals surface area contributed by atoms with E-state index in [9.17, 15) is 4.79 Å². The molecule has 0 aromatic carbocycles. The lowest BCUT2D eigenvalue weighted by Crippen LogP contribution is -2.33. The molecule has 1 saturated heterocycles. The molecule has 1 aliphatic rings. The molecule has 3 rings (SSSR count). The highest BCUT2D eigenvalue weighted by Gasteiger charge is 2.22. The van der Waals surface area contributed by atoms with E-state index < -0.39 is 0 Å². The first-order valence-corrected chi connectivity index (χ1v) is 7.58. The van der Waals surface area contributed by atoms with Crippen LogP contribution in [0.4, 0.5) is 0 Å². The topological polar surface area (TPSA) is 51.2 Å². The van der Waals surface area contributed by atoms with Gasteiger partial charge in [-0.05, 0) is 35.9 Å². The van der Waals surface area contributed by atoms with E-state index >= 15 is 0 Å². The van der Waals surface area contributed by atoms with Crippen LogP contribution in [-0.4, -0.2) is 23.6 Å². The van der Waals surface area contributed by atoms with Crippen molar-refractivity contribution in [3.8, 4) is 10.4 Å². The summed E-state index contributed by atoms with van der Waals surface area (Å²) in [7, 11) is 0.